The van der Waals surface area contributed by atoms with Crippen LogP contribution in [0.5, 0.6) is 0 Å². The highest BCUT2D eigenvalue weighted by molar-refractivity contribution is 6.05. The number of carbonyl (C=O) groups is 1. The van der Waals surface area contributed by atoms with Crippen molar-refractivity contribution >= 4 is 28.3 Å². The number of nitrogens with one attached hydrogen (secondary N) is 2. The average Bonchev–Trinajstić information content (AvgIpc) is 2.91. The van der Waals surface area contributed by atoms with E-state index in [1.54, 1.807) is 30.1 Å². The molecule has 0 fully saturated rings. The van der Waals surface area contributed by atoms with Crippen molar-refractivity contribution in [2.75, 3.05) is 17.7 Å². The largest absolute Gasteiger partial charge is 0.388 e. The number of rotatable bonds is 3. The Kier molecular flexibility index (Phi) is 3.27. The van der Waals surface area contributed by atoms with Crippen molar-refractivity contribution < 1.29 is 4.79 Å². The van der Waals surface area contributed by atoms with Crippen molar-refractivity contribution in [2.24, 2.45) is 7.05 Å². The van der Waals surface area contributed by atoms with E-state index in [9.17, 15) is 4.79 Å². The highest BCUT2D eigenvalue weighted by Crippen LogP contribution is 2.22. The van der Waals surface area contributed by atoms with Gasteiger partial charge >= 0.3 is 0 Å². The number of pyridine rings is 1. The van der Waals surface area contributed by atoms with E-state index >= 15 is 0 Å². The van der Waals surface area contributed by atoms with Gasteiger partial charge in [-0.05, 0) is 12.1 Å². The summed E-state index contributed by atoms with van der Waals surface area (Å²) in [6.07, 6.45) is 1.77. The Morgan fingerprint density at radius 1 is 1.24 bits per heavy atom. The van der Waals surface area contributed by atoms with Gasteiger partial charge in [-0.2, -0.15) is 5.10 Å². The van der Waals surface area contributed by atoms with Gasteiger partial charge in [0.2, 0.25) is 0 Å². The lowest BCUT2D eigenvalue weighted by Gasteiger charge is -2.08. The van der Waals surface area contributed by atoms with E-state index in [0.717, 1.165) is 16.6 Å². The van der Waals surface area contributed by atoms with Crippen molar-refractivity contribution in [3.05, 3.63) is 48.3 Å². The van der Waals surface area contributed by atoms with E-state index in [1.807, 2.05) is 31.3 Å². The minimum Gasteiger partial charge on any atom is -0.388 e. The van der Waals surface area contributed by atoms with Crippen molar-refractivity contribution in [1.82, 2.24) is 14.8 Å². The van der Waals surface area contributed by atoms with E-state index < -0.39 is 0 Å². The maximum absolute atomic E-state index is 12.3. The lowest BCUT2D eigenvalue weighted by atomic mass is 10.1. The molecule has 0 unspecified atom stereocenters. The minimum absolute atomic E-state index is 0.282. The molecule has 6 nitrogen and oxygen atoms in total. The van der Waals surface area contributed by atoms with Gasteiger partial charge in [-0.1, -0.05) is 18.2 Å². The highest BCUT2D eigenvalue weighted by atomic mass is 16.2. The van der Waals surface area contributed by atoms with Gasteiger partial charge in [0.15, 0.2) is 5.82 Å². The second-order valence-corrected chi connectivity index (χ2v) is 4.65. The number of fused-ring (bicyclic) bond motifs is 1. The van der Waals surface area contributed by atoms with E-state index in [1.165, 1.54) is 0 Å². The van der Waals surface area contributed by atoms with Crippen molar-refractivity contribution in [3.63, 3.8) is 0 Å². The molecule has 0 saturated heterocycles. The van der Waals surface area contributed by atoms with Gasteiger partial charge in [-0.15, -0.1) is 0 Å². The summed E-state index contributed by atoms with van der Waals surface area (Å²) in [7, 11) is 3.62. The van der Waals surface area contributed by atoms with Crippen LogP contribution in [0.15, 0.2) is 42.6 Å². The third kappa shape index (κ3) is 2.55. The van der Waals surface area contributed by atoms with E-state index in [0.29, 0.717) is 11.5 Å². The quantitative estimate of drug-likeness (QED) is 0.772. The molecular formula is C15H15N5O. The van der Waals surface area contributed by atoms with Crippen LogP contribution in [0.4, 0.5) is 11.5 Å². The van der Waals surface area contributed by atoms with Gasteiger partial charge in [0, 0.05) is 37.4 Å². The summed E-state index contributed by atoms with van der Waals surface area (Å²) in [5, 5.41) is 10.9. The van der Waals surface area contributed by atoms with E-state index in [2.05, 4.69) is 20.7 Å². The first-order valence-corrected chi connectivity index (χ1v) is 6.56. The van der Waals surface area contributed by atoms with Crippen LogP contribution in [-0.2, 0) is 7.05 Å². The molecule has 1 aromatic carbocycles. The summed E-state index contributed by atoms with van der Waals surface area (Å²) in [5.74, 6) is 0.222. The van der Waals surface area contributed by atoms with Crippen molar-refractivity contribution in [3.8, 4) is 0 Å². The molecule has 0 aliphatic carbocycles. The predicted octanol–water partition coefficient (Wildman–Crippen LogP) is 2.26. The standard InChI is InChI=1S/C15H15N5O/c1-16-12-9-13(17-11-6-4-3-5-10(11)12)15(21)18-14-7-8-20(2)19-14/h3-9H,1-2H3,(H,16,17)(H,18,19,21). The van der Waals surface area contributed by atoms with Crippen molar-refractivity contribution in [1.29, 1.82) is 0 Å². The maximum Gasteiger partial charge on any atom is 0.275 e. The molecule has 6 heteroatoms. The Morgan fingerprint density at radius 2 is 2.05 bits per heavy atom. The predicted molar refractivity (Wildman–Crippen MR) is 82.5 cm³/mol. The molecule has 0 bridgehead atoms. The Balaban J connectivity index is 1.98. The van der Waals surface area contributed by atoms with Crippen molar-refractivity contribution in [2.45, 2.75) is 0 Å². The van der Waals surface area contributed by atoms with Crippen LogP contribution >= 0.6 is 0 Å². The summed E-state index contributed by atoms with van der Waals surface area (Å²) in [6.45, 7) is 0. The number of para-hydroxylation sites is 1. The number of anilines is 2. The molecule has 0 spiro atoms. The molecule has 106 valence electrons. The fourth-order valence-electron chi connectivity index (χ4n) is 2.16. The topological polar surface area (TPSA) is 71.8 Å². The normalized spacial score (nSPS) is 10.6. The van der Waals surface area contributed by atoms with Crippen LogP contribution in [0.3, 0.4) is 0 Å². The lowest BCUT2D eigenvalue weighted by Crippen LogP contribution is -2.14. The number of amides is 1. The molecular weight excluding hydrogens is 266 g/mol. The Morgan fingerprint density at radius 3 is 2.76 bits per heavy atom. The van der Waals surface area contributed by atoms with Gasteiger partial charge in [0.25, 0.3) is 5.91 Å². The van der Waals surface area contributed by atoms with Crippen LogP contribution in [0.25, 0.3) is 10.9 Å². The average molecular weight is 281 g/mol. The van der Waals surface area contributed by atoms with Gasteiger partial charge in [0.1, 0.15) is 5.69 Å². The number of carbonyl (C=O) groups excluding carboxylic acids is 1. The van der Waals surface area contributed by atoms with Gasteiger partial charge < -0.3 is 10.6 Å². The molecule has 0 radical (unpaired) electrons. The molecule has 2 N–H and O–H groups in total. The molecule has 0 aliphatic rings. The molecule has 2 heterocycles. The second-order valence-electron chi connectivity index (χ2n) is 4.65. The first-order valence-electron chi connectivity index (χ1n) is 6.56. The summed E-state index contributed by atoms with van der Waals surface area (Å²) >= 11 is 0. The van der Waals surface area contributed by atoms with Crippen LogP contribution < -0.4 is 10.6 Å². The Bertz CT molecular complexity index is 809. The number of aryl methyl sites for hydroxylation is 1. The van der Waals surface area contributed by atoms with Crippen LogP contribution in [0.2, 0.25) is 0 Å². The van der Waals surface area contributed by atoms with Gasteiger partial charge in [0.05, 0.1) is 5.52 Å². The first kappa shape index (κ1) is 13.1. The Hall–Kier alpha value is -2.89. The van der Waals surface area contributed by atoms with Crippen LogP contribution in [0.1, 0.15) is 10.5 Å². The molecule has 0 saturated carbocycles. The fourth-order valence-corrected chi connectivity index (χ4v) is 2.16. The van der Waals surface area contributed by atoms with E-state index in [4.69, 9.17) is 0 Å². The molecule has 0 aliphatic heterocycles. The van der Waals surface area contributed by atoms with Crippen LogP contribution in [0, 0.1) is 0 Å². The minimum atomic E-state index is -0.282. The molecule has 0 atom stereocenters. The third-order valence-electron chi connectivity index (χ3n) is 3.17. The van der Waals surface area contributed by atoms with E-state index in [-0.39, 0.29) is 5.91 Å². The number of nitrogens with zero attached hydrogens (tertiary/aromatic N) is 3. The van der Waals surface area contributed by atoms with Gasteiger partial charge in [-0.3, -0.25) is 9.48 Å². The summed E-state index contributed by atoms with van der Waals surface area (Å²) in [6, 6.07) is 11.2. The number of aromatic nitrogens is 3. The lowest BCUT2D eigenvalue weighted by molar-refractivity contribution is 0.102. The number of hydrogen-bond acceptors (Lipinski definition) is 4. The highest BCUT2D eigenvalue weighted by Gasteiger charge is 2.12. The first-order chi connectivity index (χ1) is 10.2. The fraction of sp³-hybridized carbons (Fsp3) is 0.133. The number of hydrogen-bond donors (Lipinski definition) is 2. The molecule has 3 aromatic rings. The van der Waals surface area contributed by atoms with Gasteiger partial charge in [-0.25, -0.2) is 4.98 Å². The zero-order valence-electron chi connectivity index (χ0n) is 11.8. The molecule has 3 rings (SSSR count). The summed E-state index contributed by atoms with van der Waals surface area (Å²) in [4.78, 5) is 16.7. The maximum atomic E-state index is 12.3. The Labute approximate surface area is 121 Å². The molecule has 21 heavy (non-hydrogen) atoms. The number of benzene rings is 1. The van der Waals surface area contributed by atoms with Crippen LogP contribution in [-0.4, -0.2) is 27.7 Å². The molecule has 1 amide bonds. The zero-order chi connectivity index (χ0) is 14.8. The summed E-state index contributed by atoms with van der Waals surface area (Å²) in [5.41, 5.74) is 1.99. The third-order valence-corrected chi connectivity index (χ3v) is 3.17. The SMILES string of the molecule is CNc1cc(C(=O)Nc2ccn(C)n2)nc2ccccc12. The second kappa shape index (κ2) is 5.24. The smallest absolute Gasteiger partial charge is 0.275 e. The molecule has 2 aromatic heterocycles. The summed E-state index contributed by atoms with van der Waals surface area (Å²) < 4.78 is 1.63. The monoisotopic (exact) mass is 281 g/mol. The zero-order valence-corrected chi connectivity index (χ0v) is 11.8.